The molecule has 0 atom stereocenters. The Morgan fingerprint density at radius 3 is 2.50 bits per heavy atom. The minimum absolute atomic E-state index is 0.00583. The third-order valence-corrected chi connectivity index (χ3v) is 2.44. The predicted molar refractivity (Wildman–Crippen MR) is 53.3 cm³/mol. The normalized spacial score (nSPS) is 9.92. The molecule has 0 aliphatic rings. The molecule has 1 aromatic rings. The van der Waals surface area contributed by atoms with Crippen molar-refractivity contribution in [1.82, 2.24) is 0 Å². The van der Waals surface area contributed by atoms with Crippen LogP contribution in [0.25, 0.3) is 0 Å². The molecule has 0 radical (unpaired) electrons. The summed E-state index contributed by atoms with van der Waals surface area (Å²) in [7, 11) is 0. The molecule has 64 valence electrons. The molecule has 2 nitrogen and oxygen atoms in total. The van der Waals surface area contributed by atoms with Crippen LogP contribution in [0.15, 0.2) is 16.6 Å². The minimum Gasteiger partial charge on any atom is -0.397 e. The molecule has 0 amide bonds. The average Bonchev–Trinajstić information content (AvgIpc) is 1.97. The molecule has 0 aliphatic heterocycles. The van der Waals surface area contributed by atoms with Crippen LogP contribution in [0.5, 0.6) is 0 Å². The van der Waals surface area contributed by atoms with Gasteiger partial charge in [0.05, 0.1) is 5.69 Å². The second-order valence-electron chi connectivity index (χ2n) is 2.71. The summed E-state index contributed by atoms with van der Waals surface area (Å²) in [6.07, 6.45) is 0. The zero-order chi connectivity index (χ0) is 9.30. The fourth-order valence-electron chi connectivity index (χ4n) is 1.17. The van der Waals surface area contributed by atoms with Gasteiger partial charge in [0.25, 0.3) is 0 Å². The van der Waals surface area contributed by atoms with Gasteiger partial charge in [-0.1, -0.05) is 6.07 Å². The first-order valence-corrected chi connectivity index (χ1v) is 4.39. The highest BCUT2D eigenvalue weighted by atomic mass is 79.9. The first-order chi connectivity index (χ1) is 5.54. The van der Waals surface area contributed by atoms with E-state index in [1.807, 2.05) is 19.1 Å². The lowest BCUT2D eigenvalue weighted by molar-refractivity contribution is 0.101. The van der Waals surface area contributed by atoms with E-state index in [4.69, 9.17) is 5.73 Å². The Kier molecular flexibility index (Phi) is 2.52. The number of carbonyl (C=O) groups excluding carboxylic acids is 1. The van der Waals surface area contributed by atoms with Crippen LogP contribution >= 0.6 is 15.9 Å². The van der Waals surface area contributed by atoms with E-state index in [1.54, 1.807) is 0 Å². The van der Waals surface area contributed by atoms with E-state index in [-0.39, 0.29) is 5.78 Å². The van der Waals surface area contributed by atoms with Crippen LogP contribution in [0.1, 0.15) is 22.8 Å². The number of anilines is 1. The number of Topliss-reactive ketones (excluding diaryl/α,β-unsaturated/α-hetero) is 1. The van der Waals surface area contributed by atoms with E-state index < -0.39 is 0 Å². The van der Waals surface area contributed by atoms with Crippen molar-refractivity contribution in [3.63, 3.8) is 0 Å². The van der Waals surface area contributed by atoms with Gasteiger partial charge in [-0.25, -0.2) is 0 Å². The SMILES string of the molecule is CC(=O)c1c(C)ccc(Br)c1N. The Balaban J connectivity index is 3.43. The average molecular weight is 228 g/mol. The topological polar surface area (TPSA) is 43.1 Å². The summed E-state index contributed by atoms with van der Waals surface area (Å²) in [5.41, 5.74) is 7.78. The van der Waals surface area contributed by atoms with Crippen molar-refractivity contribution >= 4 is 27.4 Å². The van der Waals surface area contributed by atoms with Gasteiger partial charge in [0, 0.05) is 10.0 Å². The molecular weight excluding hydrogens is 218 g/mol. The third kappa shape index (κ3) is 1.50. The molecule has 0 spiro atoms. The first-order valence-electron chi connectivity index (χ1n) is 3.59. The second kappa shape index (κ2) is 3.27. The number of aryl methyl sites for hydroxylation is 1. The van der Waals surface area contributed by atoms with E-state index in [0.717, 1.165) is 10.0 Å². The number of rotatable bonds is 1. The summed E-state index contributed by atoms with van der Waals surface area (Å²) in [5.74, 6) is 0.00583. The van der Waals surface area contributed by atoms with Gasteiger partial charge in [-0.15, -0.1) is 0 Å². The monoisotopic (exact) mass is 227 g/mol. The van der Waals surface area contributed by atoms with E-state index in [2.05, 4.69) is 15.9 Å². The molecule has 1 aromatic carbocycles. The smallest absolute Gasteiger partial charge is 0.162 e. The number of carbonyl (C=O) groups is 1. The molecular formula is C9H10BrNO. The summed E-state index contributed by atoms with van der Waals surface area (Å²) in [4.78, 5) is 11.1. The summed E-state index contributed by atoms with van der Waals surface area (Å²) in [5, 5.41) is 0. The van der Waals surface area contributed by atoms with Gasteiger partial charge in [0.1, 0.15) is 0 Å². The van der Waals surface area contributed by atoms with Crippen molar-refractivity contribution in [2.45, 2.75) is 13.8 Å². The molecule has 3 heteroatoms. The molecule has 0 fully saturated rings. The highest BCUT2D eigenvalue weighted by Gasteiger charge is 2.10. The molecule has 0 saturated carbocycles. The Morgan fingerprint density at radius 2 is 2.08 bits per heavy atom. The number of benzene rings is 1. The Hall–Kier alpha value is -0.830. The fraction of sp³-hybridized carbons (Fsp3) is 0.222. The van der Waals surface area contributed by atoms with Crippen molar-refractivity contribution in [2.75, 3.05) is 5.73 Å². The fourth-order valence-corrected chi connectivity index (χ4v) is 1.50. The van der Waals surface area contributed by atoms with Crippen molar-refractivity contribution in [3.8, 4) is 0 Å². The molecule has 0 unspecified atom stereocenters. The maximum atomic E-state index is 11.1. The van der Waals surface area contributed by atoms with E-state index in [9.17, 15) is 4.79 Å². The third-order valence-electron chi connectivity index (χ3n) is 1.75. The maximum Gasteiger partial charge on any atom is 0.162 e. The summed E-state index contributed by atoms with van der Waals surface area (Å²) in [6.45, 7) is 3.39. The molecule has 1 rings (SSSR count). The van der Waals surface area contributed by atoms with Crippen LogP contribution in [-0.2, 0) is 0 Å². The standard InChI is InChI=1S/C9H10BrNO/c1-5-3-4-7(10)9(11)8(5)6(2)12/h3-4H,11H2,1-2H3. The van der Waals surface area contributed by atoms with Gasteiger partial charge in [0.15, 0.2) is 5.78 Å². The van der Waals surface area contributed by atoms with Gasteiger partial charge in [0.2, 0.25) is 0 Å². The Bertz CT molecular complexity index is 334. The van der Waals surface area contributed by atoms with Gasteiger partial charge < -0.3 is 5.73 Å². The quantitative estimate of drug-likeness (QED) is 0.592. The maximum absolute atomic E-state index is 11.1. The summed E-state index contributed by atoms with van der Waals surface area (Å²) < 4.78 is 0.776. The summed E-state index contributed by atoms with van der Waals surface area (Å²) >= 11 is 3.27. The number of halogens is 1. The number of ketones is 1. The van der Waals surface area contributed by atoms with E-state index in [1.165, 1.54) is 6.92 Å². The van der Waals surface area contributed by atoms with Crippen molar-refractivity contribution in [2.24, 2.45) is 0 Å². The van der Waals surface area contributed by atoms with E-state index in [0.29, 0.717) is 11.3 Å². The minimum atomic E-state index is 0.00583. The number of hydrogen-bond acceptors (Lipinski definition) is 2. The van der Waals surface area contributed by atoms with Crippen molar-refractivity contribution < 1.29 is 4.79 Å². The van der Waals surface area contributed by atoms with Crippen LogP contribution in [0, 0.1) is 6.92 Å². The van der Waals surface area contributed by atoms with Crippen molar-refractivity contribution in [1.29, 1.82) is 0 Å². The molecule has 12 heavy (non-hydrogen) atoms. The van der Waals surface area contributed by atoms with Crippen LogP contribution in [0.3, 0.4) is 0 Å². The lowest BCUT2D eigenvalue weighted by Crippen LogP contribution is -2.02. The van der Waals surface area contributed by atoms with E-state index >= 15 is 0 Å². The summed E-state index contributed by atoms with van der Waals surface area (Å²) in [6, 6.07) is 3.72. The Morgan fingerprint density at radius 1 is 1.50 bits per heavy atom. The van der Waals surface area contributed by atoms with Gasteiger partial charge >= 0.3 is 0 Å². The van der Waals surface area contributed by atoms with Crippen LogP contribution in [-0.4, -0.2) is 5.78 Å². The Labute approximate surface area is 79.9 Å². The molecule has 0 aliphatic carbocycles. The zero-order valence-corrected chi connectivity index (χ0v) is 8.60. The van der Waals surface area contributed by atoms with Gasteiger partial charge in [-0.05, 0) is 41.4 Å². The van der Waals surface area contributed by atoms with Crippen molar-refractivity contribution in [3.05, 3.63) is 27.7 Å². The van der Waals surface area contributed by atoms with Crippen LogP contribution < -0.4 is 5.73 Å². The zero-order valence-electron chi connectivity index (χ0n) is 7.02. The highest BCUT2D eigenvalue weighted by molar-refractivity contribution is 9.10. The predicted octanol–water partition coefficient (Wildman–Crippen LogP) is 2.54. The number of hydrogen-bond donors (Lipinski definition) is 1. The van der Waals surface area contributed by atoms with Crippen LogP contribution in [0.4, 0.5) is 5.69 Å². The van der Waals surface area contributed by atoms with Gasteiger partial charge in [-0.3, -0.25) is 4.79 Å². The van der Waals surface area contributed by atoms with Crippen LogP contribution in [0.2, 0.25) is 0 Å². The lowest BCUT2D eigenvalue weighted by atomic mass is 10.0. The molecule has 2 N–H and O–H groups in total. The number of nitrogens with two attached hydrogens (primary N) is 1. The molecule has 0 aromatic heterocycles. The first kappa shape index (κ1) is 9.26. The molecule has 0 heterocycles. The molecule has 0 bridgehead atoms. The van der Waals surface area contributed by atoms with Gasteiger partial charge in [-0.2, -0.15) is 0 Å². The molecule has 0 saturated heterocycles. The lowest BCUT2D eigenvalue weighted by Gasteiger charge is -2.06. The second-order valence-corrected chi connectivity index (χ2v) is 3.56. The number of nitrogen functional groups attached to an aromatic ring is 1. The highest BCUT2D eigenvalue weighted by Crippen LogP contribution is 2.26. The largest absolute Gasteiger partial charge is 0.397 e.